The van der Waals surface area contributed by atoms with Gasteiger partial charge in [0.05, 0.1) is 18.1 Å². The summed E-state index contributed by atoms with van der Waals surface area (Å²) >= 11 is 0. The Kier molecular flexibility index (Phi) is 6.01. The maximum absolute atomic E-state index is 12.3. The van der Waals surface area contributed by atoms with Gasteiger partial charge >= 0.3 is 0 Å². The van der Waals surface area contributed by atoms with Crippen molar-refractivity contribution in [2.24, 2.45) is 0 Å². The minimum Gasteiger partial charge on any atom is -0.489 e. The van der Waals surface area contributed by atoms with E-state index in [-0.39, 0.29) is 30.0 Å². The van der Waals surface area contributed by atoms with Gasteiger partial charge in [-0.05, 0) is 36.2 Å². The molecule has 3 rings (SSSR count). The smallest absolute Gasteiger partial charge is 0.241 e. The van der Waals surface area contributed by atoms with Crippen LogP contribution in [0.2, 0.25) is 0 Å². The Morgan fingerprint density at radius 2 is 1.85 bits per heavy atom. The van der Waals surface area contributed by atoms with Gasteiger partial charge in [0.1, 0.15) is 12.4 Å². The molecular weight excluding hydrogens is 364 g/mol. The number of anilines is 1. The van der Waals surface area contributed by atoms with Gasteiger partial charge in [-0.3, -0.25) is 4.79 Å². The van der Waals surface area contributed by atoms with Crippen LogP contribution in [0.5, 0.6) is 5.75 Å². The first kappa shape index (κ1) is 19.2. The van der Waals surface area contributed by atoms with Crippen molar-refractivity contribution in [1.82, 2.24) is 4.90 Å². The van der Waals surface area contributed by atoms with Crippen LogP contribution in [0.4, 0.5) is 5.69 Å². The SMILES string of the molecule is CN(C(=O)CNc1ccc(OCc2ccccc2)cc1)[C@@H]1CCS(=O)(=O)C1. The van der Waals surface area contributed by atoms with E-state index in [4.69, 9.17) is 4.74 Å². The van der Waals surface area contributed by atoms with E-state index in [1.165, 1.54) is 4.90 Å². The van der Waals surface area contributed by atoms with Crippen LogP contribution < -0.4 is 10.1 Å². The summed E-state index contributed by atoms with van der Waals surface area (Å²) in [6, 6.07) is 17.1. The molecule has 1 atom stereocenters. The predicted molar refractivity (Wildman–Crippen MR) is 106 cm³/mol. The normalized spacial score (nSPS) is 18.0. The highest BCUT2D eigenvalue weighted by atomic mass is 32.2. The maximum Gasteiger partial charge on any atom is 0.241 e. The van der Waals surface area contributed by atoms with Crippen molar-refractivity contribution >= 4 is 21.4 Å². The number of nitrogens with zero attached hydrogens (tertiary/aromatic N) is 1. The topological polar surface area (TPSA) is 75.7 Å². The summed E-state index contributed by atoms with van der Waals surface area (Å²) in [5.41, 5.74) is 1.91. The van der Waals surface area contributed by atoms with E-state index in [1.807, 2.05) is 54.6 Å². The van der Waals surface area contributed by atoms with Gasteiger partial charge in [-0.2, -0.15) is 0 Å². The lowest BCUT2D eigenvalue weighted by Gasteiger charge is -2.23. The molecule has 1 N–H and O–H groups in total. The average molecular weight is 388 g/mol. The number of likely N-dealkylation sites (N-methyl/N-ethyl adjacent to an activating group) is 1. The van der Waals surface area contributed by atoms with Crippen LogP contribution in [0.3, 0.4) is 0 Å². The van der Waals surface area contributed by atoms with Crippen molar-refractivity contribution in [3.8, 4) is 5.75 Å². The highest BCUT2D eigenvalue weighted by molar-refractivity contribution is 7.91. The molecule has 0 radical (unpaired) electrons. The first-order valence-corrected chi connectivity index (χ1v) is 10.7. The van der Waals surface area contributed by atoms with E-state index in [9.17, 15) is 13.2 Å². The fourth-order valence-electron chi connectivity index (χ4n) is 3.00. The minimum absolute atomic E-state index is 0.0582. The van der Waals surface area contributed by atoms with Gasteiger partial charge in [-0.25, -0.2) is 8.42 Å². The lowest BCUT2D eigenvalue weighted by Crippen LogP contribution is -2.40. The second kappa shape index (κ2) is 8.43. The third-order valence-corrected chi connectivity index (χ3v) is 6.45. The monoisotopic (exact) mass is 388 g/mol. The number of nitrogens with one attached hydrogen (secondary N) is 1. The second-order valence-corrected chi connectivity index (χ2v) is 8.94. The highest BCUT2D eigenvalue weighted by Gasteiger charge is 2.32. The molecule has 1 amide bonds. The molecule has 0 bridgehead atoms. The number of hydrogen-bond donors (Lipinski definition) is 1. The number of carbonyl (C=O) groups excluding carboxylic acids is 1. The zero-order chi connectivity index (χ0) is 19.3. The molecule has 7 heteroatoms. The standard InChI is InChI=1S/C20H24N2O4S/c1-22(18-11-12-27(24,25)15-18)20(23)13-21-17-7-9-19(10-8-17)26-14-16-5-3-2-4-6-16/h2-10,18,21H,11-15H2,1H3/t18-/m1/s1. The molecule has 1 saturated heterocycles. The zero-order valence-electron chi connectivity index (χ0n) is 15.3. The Morgan fingerprint density at radius 3 is 2.48 bits per heavy atom. The molecule has 1 aliphatic rings. The number of sulfone groups is 1. The summed E-state index contributed by atoms with van der Waals surface area (Å²) in [5.74, 6) is 0.848. The van der Waals surface area contributed by atoms with E-state index in [0.717, 1.165) is 17.0 Å². The van der Waals surface area contributed by atoms with Crippen LogP contribution >= 0.6 is 0 Å². The molecule has 0 spiro atoms. The minimum atomic E-state index is -3.00. The first-order chi connectivity index (χ1) is 12.9. The lowest BCUT2D eigenvalue weighted by molar-refractivity contribution is -0.129. The van der Waals surface area contributed by atoms with Crippen LogP contribution in [0, 0.1) is 0 Å². The van der Waals surface area contributed by atoms with Crippen LogP contribution in [0.25, 0.3) is 0 Å². The Balaban J connectivity index is 1.46. The molecule has 2 aromatic rings. The number of carbonyl (C=O) groups is 1. The van der Waals surface area contributed by atoms with Crippen molar-refractivity contribution in [2.45, 2.75) is 19.1 Å². The van der Waals surface area contributed by atoms with Crippen LogP contribution in [-0.2, 0) is 21.2 Å². The van der Waals surface area contributed by atoms with E-state index in [0.29, 0.717) is 13.0 Å². The molecule has 0 aromatic heterocycles. The molecule has 144 valence electrons. The highest BCUT2D eigenvalue weighted by Crippen LogP contribution is 2.18. The molecule has 6 nitrogen and oxygen atoms in total. The third-order valence-electron chi connectivity index (χ3n) is 4.70. The fourth-order valence-corrected chi connectivity index (χ4v) is 4.77. The predicted octanol–water partition coefficient (Wildman–Crippen LogP) is 2.32. The van der Waals surface area contributed by atoms with Crippen molar-refractivity contribution in [1.29, 1.82) is 0 Å². The van der Waals surface area contributed by atoms with E-state index in [2.05, 4.69) is 5.32 Å². The van der Waals surface area contributed by atoms with Crippen molar-refractivity contribution in [3.63, 3.8) is 0 Å². The molecule has 2 aromatic carbocycles. The molecule has 0 saturated carbocycles. The number of rotatable bonds is 7. The van der Waals surface area contributed by atoms with Gasteiger partial charge in [0.25, 0.3) is 0 Å². The van der Waals surface area contributed by atoms with Crippen molar-refractivity contribution in [3.05, 3.63) is 60.2 Å². The number of amides is 1. The molecule has 27 heavy (non-hydrogen) atoms. The van der Waals surface area contributed by atoms with Gasteiger partial charge < -0.3 is 15.0 Å². The summed E-state index contributed by atoms with van der Waals surface area (Å²) < 4.78 is 28.9. The zero-order valence-corrected chi connectivity index (χ0v) is 16.1. The second-order valence-electron chi connectivity index (χ2n) is 6.71. The summed E-state index contributed by atoms with van der Waals surface area (Å²) in [5, 5.41) is 3.07. The van der Waals surface area contributed by atoms with Gasteiger partial charge in [-0.15, -0.1) is 0 Å². The fraction of sp³-hybridized carbons (Fsp3) is 0.350. The Labute approximate surface area is 160 Å². The summed E-state index contributed by atoms with van der Waals surface area (Å²) in [6.07, 6.45) is 0.512. The summed E-state index contributed by atoms with van der Waals surface area (Å²) in [6.45, 7) is 0.623. The molecule has 0 aliphatic carbocycles. The molecule has 0 unspecified atom stereocenters. The number of benzene rings is 2. The largest absolute Gasteiger partial charge is 0.489 e. The van der Waals surface area contributed by atoms with Gasteiger partial charge in [0.2, 0.25) is 5.91 Å². The van der Waals surface area contributed by atoms with Gasteiger partial charge in [0.15, 0.2) is 9.84 Å². The van der Waals surface area contributed by atoms with Gasteiger partial charge in [-0.1, -0.05) is 30.3 Å². The molecular formula is C20H24N2O4S. The molecule has 1 aliphatic heterocycles. The van der Waals surface area contributed by atoms with Crippen molar-refractivity contribution < 1.29 is 17.9 Å². The average Bonchev–Trinajstić information content (AvgIpc) is 3.05. The Morgan fingerprint density at radius 1 is 1.15 bits per heavy atom. The quantitative estimate of drug-likeness (QED) is 0.788. The molecule has 1 heterocycles. The lowest BCUT2D eigenvalue weighted by atomic mass is 10.2. The van der Waals surface area contributed by atoms with E-state index < -0.39 is 9.84 Å². The number of hydrogen-bond acceptors (Lipinski definition) is 5. The Bertz CT molecular complexity index is 867. The van der Waals surface area contributed by atoms with Gasteiger partial charge in [0, 0.05) is 18.8 Å². The first-order valence-electron chi connectivity index (χ1n) is 8.90. The van der Waals surface area contributed by atoms with E-state index >= 15 is 0 Å². The van der Waals surface area contributed by atoms with Crippen LogP contribution in [0.15, 0.2) is 54.6 Å². The summed E-state index contributed by atoms with van der Waals surface area (Å²) in [4.78, 5) is 13.8. The van der Waals surface area contributed by atoms with Crippen LogP contribution in [0.1, 0.15) is 12.0 Å². The number of ether oxygens (including phenoxy) is 1. The summed E-state index contributed by atoms with van der Waals surface area (Å²) in [7, 11) is -1.34. The van der Waals surface area contributed by atoms with Crippen molar-refractivity contribution in [2.75, 3.05) is 30.4 Å². The Hall–Kier alpha value is -2.54. The van der Waals surface area contributed by atoms with Crippen LogP contribution in [-0.4, -0.2) is 50.4 Å². The maximum atomic E-state index is 12.3. The third kappa shape index (κ3) is 5.47. The molecule has 1 fully saturated rings. The van der Waals surface area contributed by atoms with E-state index in [1.54, 1.807) is 7.05 Å².